The van der Waals surface area contributed by atoms with E-state index in [1.165, 1.54) is 0 Å². The number of hydrogen-bond acceptors (Lipinski definition) is 4. The van der Waals surface area contributed by atoms with E-state index in [2.05, 4.69) is 32.6 Å². The van der Waals surface area contributed by atoms with Crippen molar-refractivity contribution in [1.82, 2.24) is 20.3 Å². The van der Waals surface area contributed by atoms with Gasteiger partial charge in [0.25, 0.3) is 0 Å². The molecule has 2 aromatic heterocycles. The standard InChI is InChI=1S/C10H14N4S/c1-7-6-15-9(14-7)5-13-8(2)10-11-3-4-12-10/h3-4,6,8,13H,5H2,1-2H3,(H,11,12). The van der Waals surface area contributed by atoms with Crippen LogP contribution in [0.5, 0.6) is 0 Å². The smallest absolute Gasteiger partial charge is 0.122 e. The number of rotatable bonds is 4. The molecule has 0 radical (unpaired) electrons. The fourth-order valence-corrected chi connectivity index (χ4v) is 2.06. The van der Waals surface area contributed by atoms with Gasteiger partial charge in [-0.05, 0) is 13.8 Å². The number of aromatic amines is 1. The van der Waals surface area contributed by atoms with E-state index in [0.717, 1.165) is 23.1 Å². The first-order valence-electron chi connectivity index (χ1n) is 4.89. The summed E-state index contributed by atoms with van der Waals surface area (Å²) in [5.41, 5.74) is 1.09. The predicted molar refractivity (Wildman–Crippen MR) is 60.7 cm³/mol. The van der Waals surface area contributed by atoms with Gasteiger partial charge in [0.1, 0.15) is 10.8 Å². The van der Waals surface area contributed by atoms with Gasteiger partial charge >= 0.3 is 0 Å². The van der Waals surface area contributed by atoms with E-state index >= 15 is 0 Å². The highest BCUT2D eigenvalue weighted by atomic mass is 32.1. The summed E-state index contributed by atoms with van der Waals surface area (Å²) >= 11 is 1.68. The Labute approximate surface area is 92.8 Å². The van der Waals surface area contributed by atoms with E-state index in [9.17, 15) is 0 Å². The molecular weight excluding hydrogens is 208 g/mol. The largest absolute Gasteiger partial charge is 0.347 e. The molecule has 0 saturated carbocycles. The highest BCUT2D eigenvalue weighted by Gasteiger charge is 2.07. The maximum Gasteiger partial charge on any atom is 0.122 e. The number of aromatic nitrogens is 3. The van der Waals surface area contributed by atoms with Crippen molar-refractivity contribution >= 4 is 11.3 Å². The predicted octanol–water partition coefficient (Wildman–Crippen LogP) is 2.03. The maximum absolute atomic E-state index is 4.39. The molecule has 0 aliphatic heterocycles. The van der Waals surface area contributed by atoms with Gasteiger partial charge in [-0.25, -0.2) is 9.97 Å². The second-order valence-electron chi connectivity index (χ2n) is 3.46. The van der Waals surface area contributed by atoms with Gasteiger partial charge in [-0.15, -0.1) is 11.3 Å². The van der Waals surface area contributed by atoms with Gasteiger partial charge in [0, 0.05) is 30.0 Å². The number of aryl methyl sites for hydroxylation is 1. The summed E-state index contributed by atoms with van der Waals surface area (Å²) in [4.78, 5) is 11.7. The van der Waals surface area contributed by atoms with Gasteiger partial charge in [-0.1, -0.05) is 0 Å². The molecule has 0 saturated heterocycles. The molecule has 80 valence electrons. The molecule has 4 nitrogen and oxygen atoms in total. The molecule has 0 aromatic carbocycles. The minimum Gasteiger partial charge on any atom is -0.347 e. The Morgan fingerprint density at radius 2 is 2.47 bits per heavy atom. The quantitative estimate of drug-likeness (QED) is 0.832. The molecule has 0 amide bonds. The Bertz CT molecular complexity index is 407. The molecule has 2 N–H and O–H groups in total. The van der Waals surface area contributed by atoms with Gasteiger partial charge in [-0.3, -0.25) is 0 Å². The Hall–Kier alpha value is -1.20. The number of H-pyrrole nitrogens is 1. The first kappa shape index (κ1) is 10.3. The van der Waals surface area contributed by atoms with Gasteiger partial charge in [0.05, 0.1) is 6.04 Å². The average Bonchev–Trinajstić information content (AvgIpc) is 2.84. The lowest BCUT2D eigenvalue weighted by Crippen LogP contribution is -2.19. The van der Waals surface area contributed by atoms with Crippen LogP contribution < -0.4 is 5.32 Å². The molecule has 0 bridgehead atoms. The van der Waals surface area contributed by atoms with Crippen molar-refractivity contribution in [2.75, 3.05) is 0 Å². The van der Waals surface area contributed by atoms with Crippen LogP contribution in [-0.4, -0.2) is 15.0 Å². The maximum atomic E-state index is 4.39. The number of nitrogens with one attached hydrogen (secondary N) is 2. The SMILES string of the molecule is Cc1csc(CNC(C)c2ncc[nH]2)n1. The van der Waals surface area contributed by atoms with Crippen LogP contribution in [0.15, 0.2) is 17.8 Å². The Morgan fingerprint density at radius 1 is 1.60 bits per heavy atom. The van der Waals surface area contributed by atoms with Crippen molar-refractivity contribution in [2.45, 2.75) is 26.4 Å². The van der Waals surface area contributed by atoms with Crippen LogP contribution in [0.25, 0.3) is 0 Å². The summed E-state index contributed by atoms with van der Waals surface area (Å²) in [6.07, 6.45) is 3.60. The van der Waals surface area contributed by atoms with Crippen LogP contribution in [0.3, 0.4) is 0 Å². The number of thiazole rings is 1. The number of hydrogen-bond donors (Lipinski definition) is 2. The Kier molecular flexibility index (Phi) is 3.13. The van der Waals surface area contributed by atoms with Crippen LogP contribution in [0.4, 0.5) is 0 Å². The summed E-state index contributed by atoms with van der Waals surface area (Å²) in [5, 5.41) is 6.55. The van der Waals surface area contributed by atoms with E-state index in [0.29, 0.717) is 0 Å². The zero-order chi connectivity index (χ0) is 10.7. The monoisotopic (exact) mass is 222 g/mol. The molecule has 0 aliphatic carbocycles. The minimum absolute atomic E-state index is 0.226. The van der Waals surface area contributed by atoms with E-state index < -0.39 is 0 Å². The molecule has 0 fully saturated rings. The summed E-state index contributed by atoms with van der Waals surface area (Å²) in [6.45, 7) is 4.88. The third-order valence-electron chi connectivity index (χ3n) is 2.16. The van der Waals surface area contributed by atoms with Crippen molar-refractivity contribution in [3.63, 3.8) is 0 Å². The van der Waals surface area contributed by atoms with Crippen LogP contribution in [-0.2, 0) is 6.54 Å². The lowest BCUT2D eigenvalue weighted by atomic mass is 10.3. The van der Waals surface area contributed by atoms with Crippen molar-refractivity contribution in [2.24, 2.45) is 0 Å². The topological polar surface area (TPSA) is 53.6 Å². The minimum atomic E-state index is 0.226. The molecule has 2 aromatic rings. The molecule has 1 atom stereocenters. The molecule has 2 rings (SSSR count). The van der Waals surface area contributed by atoms with E-state index in [-0.39, 0.29) is 6.04 Å². The fraction of sp³-hybridized carbons (Fsp3) is 0.400. The third-order valence-corrected chi connectivity index (χ3v) is 3.12. The molecule has 15 heavy (non-hydrogen) atoms. The molecular formula is C10H14N4S. The van der Waals surface area contributed by atoms with Crippen molar-refractivity contribution in [1.29, 1.82) is 0 Å². The summed E-state index contributed by atoms with van der Waals surface area (Å²) in [6, 6.07) is 0.226. The highest BCUT2D eigenvalue weighted by Crippen LogP contribution is 2.11. The third kappa shape index (κ3) is 2.64. The Morgan fingerprint density at radius 3 is 3.07 bits per heavy atom. The molecule has 0 aliphatic rings. The average molecular weight is 222 g/mol. The second kappa shape index (κ2) is 4.55. The number of imidazole rings is 1. The second-order valence-corrected chi connectivity index (χ2v) is 4.40. The van der Waals surface area contributed by atoms with Crippen LogP contribution >= 0.6 is 11.3 Å². The van der Waals surface area contributed by atoms with Crippen molar-refractivity contribution in [3.8, 4) is 0 Å². The van der Waals surface area contributed by atoms with Gasteiger partial charge in [0.15, 0.2) is 0 Å². The summed E-state index contributed by atoms with van der Waals surface area (Å²) in [7, 11) is 0. The highest BCUT2D eigenvalue weighted by molar-refractivity contribution is 7.09. The molecule has 1 unspecified atom stereocenters. The lowest BCUT2D eigenvalue weighted by Gasteiger charge is -2.09. The van der Waals surface area contributed by atoms with Crippen LogP contribution in [0.1, 0.15) is 29.5 Å². The fourth-order valence-electron chi connectivity index (χ4n) is 1.34. The summed E-state index contributed by atoms with van der Waals surface area (Å²) < 4.78 is 0. The van der Waals surface area contributed by atoms with E-state index in [1.807, 2.05) is 13.1 Å². The zero-order valence-corrected chi connectivity index (χ0v) is 9.64. The molecule has 0 spiro atoms. The Balaban J connectivity index is 1.88. The number of nitrogens with zero attached hydrogens (tertiary/aromatic N) is 2. The van der Waals surface area contributed by atoms with Gasteiger partial charge in [0.2, 0.25) is 0 Å². The van der Waals surface area contributed by atoms with E-state index in [4.69, 9.17) is 0 Å². The summed E-state index contributed by atoms with van der Waals surface area (Å²) in [5.74, 6) is 0.961. The van der Waals surface area contributed by atoms with Crippen molar-refractivity contribution in [3.05, 3.63) is 34.3 Å². The molecule has 5 heteroatoms. The first-order chi connectivity index (χ1) is 7.25. The zero-order valence-electron chi connectivity index (χ0n) is 8.82. The van der Waals surface area contributed by atoms with Gasteiger partial charge in [-0.2, -0.15) is 0 Å². The van der Waals surface area contributed by atoms with Crippen molar-refractivity contribution < 1.29 is 0 Å². The molecule has 2 heterocycles. The van der Waals surface area contributed by atoms with Crippen LogP contribution in [0.2, 0.25) is 0 Å². The normalized spacial score (nSPS) is 12.9. The van der Waals surface area contributed by atoms with Crippen LogP contribution in [0, 0.1) is 6.92 Å². The first-order valence-corrected chi connectivity index (χ1v) is 5.77. The van der Waals surface area contributed by atoms with E-state index in [1.54, 1.807) is 17.5 Å². The lowest BCUT2D eigenvalue weighted by molar-refractivity contribution is 0.549. The van der Waals surface area contributed by atoms with Gasteiger partial charge < -0.3 is 10.3 Å².